The molecule has 0 aromatic heterocycles. The van der Waals surface area contributed by atoms with Gasteiger partial charge in [-0.2, -0.15) is 0 Å². The molecule has 1 spiro atoms. The summed E-state index contributed by atoms with van der Waals surface area (Å²) < 4.78 is 0. The molecule has 2 aliphatic rings. The van der Waals surface area contributed by atoms with Crippen LogP contribution in [0.2, 0.25) is 0 Å². The Morgan fingerprint density at radius 1 is 1.05 bits per heavy atom. The Kier molecular flexibility index (Phi) is 2.56. The number of rotatable bonds is 1. The number of carbonyl (C=O) groups is 1. The minimum absolute atomic E-state index is 0.0581. The van der Waals surface area contributed by atoms with Gasteiger partial charge in [0.05, 0.1) is 16.7 Å². The average Bonchev–Trinajstić information content (AvgIpc) is 2.66. The predicted molar refractivity (Wildman–Crippen MR) is 77.4 cm³/mol. The highest BCUT2D eigenvalue weighted by Crippen LogP contribution is 2.45. The third kappa shape index (κ3) is 2.07. The molecule has 0 N–H and O–H groups in total. The van der Waals surface area contributed by atoms with Crippen LogP contribution in [0.4, 0.5) is 0 Å². The van der Waals surface area contributed by atoms with E-state index in [0.29, 0.717) is 0 Å². The van der Waals surface area contributed by atoms with E-state index >= 15 is 0 Å². The molecule has 96 valence electrons. The molecule has 0 saturated carbocycles. The fourth-order valence-corrected chi connectivity index (χ4v) is 3.02. The van der Waals surface area contributed by atoms with E-state index < -0.39 is 0 Å². The summed E-state index contributed by atoms with van der Waals surface area (Å²) in [6.45, 7) is 4.28. The molecule has 0 bridgehead atoms. The molecule has 0 amide bonds. The smallest absolute Gasteiger partial charge is 0.178 e. The fourth-order valence-electron chi connectivity index (χ4n) is 3.02. The van der Waals surface area contributed by atoms with Crippen molar-refractivity contribution in [2.75, 3.05) is 0 Å². The molecule has 1 aliphatic heterocycles. The number of allylic oxidation sites excluding steroid dienone is 4. The summed E-state index contributed by atoms with van der Waals surface area (Å²) in [5.74, 6) is 0.0581. The number of hydrogen-bond donors (Lipinski definition) is 0. The third-order valence-electron chi connectivity index (χ3n) is 3.72. The highest BCUT2D eigenvalue weighted by molar-refractivity contribution is 6.12. The van der Waals surface area contributed by atoms with Crippen molar-refractivity contribution >= 4 is 11.5 Å². The maximum atomic E-state index is 11.4. The van der Waals surface area contributed by atoms with Crippen molar-refractivity contribution in [3.8, 4) is 0 Å². The quantitative estimate of drug-likeness (QED) is 0.752. The van der Waals surface area contributed by atoms with Gasteiger partial charge in [-0.1, -0.05) is 42.5 Å². The Balaban J connectivity index is 2.12. The first-order valence-electron chi connectivity index (χ1n) is 6.59. The Hall–Kier alpha value is -1.96. The maximum absolute atomic E-state index is 11.4. The molecule has 0 atom stereocenters. The second-order valence-electron chi connectivity index (χ2n) is 5.93. The van der Waals surface area contributed by atoms with Gasteiger partial charge in [-0.15, -0.1) is 0 Å². The zero-order chi connectivity index (χ0) is 13.5. The second-order valence-corrected chi connectivity index (χ2v) is 5.93. The number of aliphatic imine (C=N–C) groups is 1. The van der Waals surface area contributed by atoms with Gasteiger partial charge in [0.25, 0.3) is 0 Å². The molecule has 1 aromatic carbocycles. The second kappa shape index (κ2) is 4.02. The molecule has 2 nitrogen and oxygen atoms in total. The van der Waals surface area contributed by atoms with Gasteiger partial charge in [0, 0.05) is 0 Å². The number of hydrogen-bond acceptors (Lipinski definition) is 2. The Morgan fingerprint density at radius 3 is 2.32 bits per heavy atom. The third-order valence-corrected chi connectivity index (χ3v) is 3.72. The van der Waals surface area contributed by atoms with E-state index in [1.807, 2.05) is 30.4 Å². The van der Waals surface area contributed by atoms with E-state index in [0.717, 1.165) is 17.7 Å². The van der Waals surface area contributed by atoms with Gasteiger partial charge in [-0.3, -0.25) is 9.79 Å². The van der Waals surface area contributed by atoms with Crippen molar-refractivity contribution in [2.24, 2.45) is 10.4 Å². The van der Waals surface area contributed by atoms with Crippen LogP contribution in [0.15, 0.2) is 59.6 Å². The van der Waals surface area contributed by atoms with Gasteiger partial charge in [-0.25, -0.2) is 0 Å². The Labute approximate surface area is 113 Å². The first-order valence-corrected chi connectivity index (χ1v) is 6.59. The predicted octanol–water partition coefficient (Wildman–Crippen LogP) is 3.34. The summed E-state index contributed by atoms with van der Waals surface area (Å²) in [6.07, 6.45) is 8.26. The minimum Gasteiger partial charge on any atom is -0.290 e. The maximum Gasteiger partial charge on any atom is 0.178 e. The molecule has 1 aromatic rings. The normalized spacial score (nSPS) is 22.8. The van der Waals surface area contributed by atoms with Crippen LogP contribution in [0.5, 0.6) is 0 Å². The van der Waals surface area contributed by atoms with Gasteiger partial charge in [0.15, 0.2) is 5.78 Å². The first-order chi connectivity index (χ1) is 9.01. The van der Waals surface area contributed by atoms with Gasteiger partial charge >= 0.3 is 0 Å². The summed E-state index contributed by atoms with van der Waals surface area (Å²) in [5.41, 5.74) is 1.88. The topological polar surface area (TPSA) is 29.4 Å². The monoisotopic (exact) mass is 251 g/mol. The largest absolute Gasteiger partial charge is 0.290 e. The number of carbonyl (C=O) groups excluding carboxylic acids is 1. The van der Waals surface area contributed by atoms with Crippen LogP contribution in [0.1, 0.15) is 25.8 Å². The minimum atomic E-state index is -0.223. The van der Waals surface area contributed by atoms with Crippen molar-refractivity contribution in [3.63, 3.8) is 0 Å². The van der Waals surface area contributed by atoms with E-state index in [2.05, 4.69) is 26.0 Å². The van der Waals surface area contributed by atoms with Crippen LogP contribution in [-0.4, -0.2) is 17.0 Å². The molecule has 0 fully saturated rings. The molecule has 0 unspecified atom stereocenters. The van der Waals surface area contributed by atoms with Crippen molar-refractivity contribution in [1.29, 1.82) is 0 Å². The Morgan fingerprint density at radius 2 is 1.68 bits per heavy atom. The molecule has 1 aliphatic carbocycles. The lowest BCUT2D eigenvalue weighted by Gasteiger charge is -2.27. The molecule has 1 heterocycles. The summed E-state index contributed by atoms with van der Waals surface area (Å²) in [4.78, 5) is 16.3. The van der Waals surface area contributed by atoms with Crippen LogP contribution in [0.25, 0.3) is 0 Å². The molecule has 0 saturated heterocycles. The van der Waals surface area contributed by atoms with Gasteiger partial charge in [-0.05, 0) is 38.0 Å². The Bertz CT molecular complexity index is 589. The lowest BCUT2D eigenvalue weighted by atomic mass is 9.73. The van der Waals surface area contributed by atoms with Crippen LogP contribution in [-0.2, 0) is 4.79 Å². The van der Waals surface area contributed by atoms with E-state index in [-0.39, 0.29) is 16.7 Å². The molecular weight excluding hydrogens is 234 g/mol. The van der Waals surface area contributed by atoms with Crippen molar-refractivity contribution in [1.82, 2.24) is 0 Å². The first kappa shape index (κ1) is 12.1. The molecule has 19 heavy (non-hydrogen) atoms. The zero-order valence-electron chi connectivity index (χ0n) is 11.3. The lowest BCUT2D eigenvalue weighted by molar-refractivity contribution is -0.110. The van der Waals surface area contributed by atoms with Gasteiger partial charge < -0.3 is 0 Å². The SMILES string of the molecule is CC1(C)CC2(C=CC(=O)C=C2)C(c2ccccc2)=N1. The zero-order valence-corrected chi connectivity index (χ0v) is 11.3. The van der Waals surface area contributed by atoms with E-state index in [4.69, 9.17) is 4.99 Å². The van der Waals surface area contributed by atoms with Crippen LogP contribution >= 0.6 is 0 Å². The summed E-state index contributed by atoms with van der Waals surface area (Å²) in [6, 6.07) is 10.2. The van der Waals surface area contributed by atoms with Crippen molar-refractivity contribution in [3.05, 3.63) is 60.2 Å². The van der Waals surface area contributed by atoms with Crippen molar-refractivity contribution in [2.45, 2.75) is 25.8 Å². The van der Waals surface area contributed by atoms with E-state index in [9.17, 15) is 4.79 Å². The number of benzene rings is 1. The average molecular weight is 251 g/mol. The highest BCUT2D eigenvalue weighted by atomic mass is 16.1. The van der Waals surface area contributed by atoms with Crippen LogP contribution in [0, 0.1) is 5.41 Å². The van der Waals surface area contributed by atoms with Crippen LogP contribution < -0.4 is 0 Å². The van der Waals surface area contributed by atoms with Crippen molar-refractivity contribution < 1.29 is 4.79 Å². The molecular formula is C17H17NO. The number of ketones is 1. The summed E-state index contributed by atoms with van der Waals surface area (Å²) >= 11 is 0. The lowest BCUT2D eigenvalue weighted by Crippen LogP contribution is -2.28. The summed E-state index contributed by atoms with van der Waals surface area (Å²) in [7, 11) is 0. The van der Waals surface area contributed by atoms with Crippen LogP contribution in [0.3, 0.4) is 0 Å². The number of nitrogens with zero attached hydrogens (tertiary/aromatic N) is 1. The fraction of sp³-hybridized carbons (Fsp3) is 0.294. The molecule has 3 rings (SSSR count). The van der Waals surface area contributed by atoms with E-state index in [1.165, 1.54) is 0 Å². The van der Waals surface area contributed by atoms with Gasteiger partial charge in [0.2, 0.25) is 0 Å². The molecule has 2 heteroatoms. The molecule has 0 radical (unpaired) electrons. The van der Waals surface area contributed by atoms with Gasteiger partial charge in [0.1, 0.15) is 0 Å². The van der Waals surface area contributed by atoms with E-state index in [1.54, 1.807) is 12.2 Å². The highest BCUT2D eigenvalue weighted by Gasteiger charge is 2.44. The summed E-state index contributed by atoms with van der Waals surface area (Å²) in [5, 5.41) is 0. The standard InChI is InChI=1S/C17H17NO/c1-16(2)12-17(10-8-14(19)9-11-17)15(18-16)13-6-4-3-5-7-13/h3-11H,12H2,1-2H3.